The van der Waals surface area contributed by atoms with E-state index in [0.29, 0.717) is 6.54 Å². The molecule has 0 saturated carbocycles. The van der Waals surface area contributed by atoms with Gasteiger partial charge in [-0.3, -0.25) is 0 Å². The second-order valence-corrected chi connectivity index (χ2v) is 5.27. The number of hydrazone groups is 1. The molecule has 0 saturated heterocycles. The van der Waals surface area contributed by atoms with Crippen molar-refractivity contribution in [2.75, 3.05) is 7.11 Å². The van der Waals surface area contributed by atoms with Crippen LogP contribution in [0.3, 0.4) is 0 Å². The average Bonchev–Trinajstić information content (AvgIpc) is 2.47. The van der Waals surface area contributed by atoms with Gasteiger partial charge in [-0.2, -0.15) is 5.10 Å². The molecule has 0 aliphatic rings. The molecule has 0 atom stereocenters. The van der Waals surface area contributed by atoms with Gasteiger partial charge in [0, 0.05) is 10.0 Å². The molecule has 0 unspecified atom stereocenters. The fraction of sp³-hybridized carbons (Fsp3) is 0.188. The van der Waals surface area contributed by atoms with E-state index in [0.717, 1.165) is 21.3 Å². The van der Waals surface area contributed by atoms with E-state index in [1.165, 1.54) is 5.56 Å². The Kier molecular flexibility index (Phi) is 5.18. The highest BCUT2D eigenvalue weighted by molar-refractivity contribution is 9.10. The molecule has 104 valence electrons. The molecule has 3 nitrogen and oxygen atoms in total. The van der Waals surface area contributed by atoms with E-state index < -0.39 is 0 Å². The number of para-hydroxylation sites is 1. The molecule has 2 aromatic rings. The lowest BCUT2D eigenvalue weighted by Crippen LogP contribution is -2.06. The Morgan fingerprint density at radius 1 is 1.25 bits per heavy atom. The van der Waals surface area contributed by atoms with Gasteiger partial charge in [0.2, 0.25) is 0 Å². The number of nitrogens with zero attached hydrogens (tertiary/aromatic N) is 1. The first kappa shape index (κ1) is 14.6. The van der Waals surface area contributed by atoms with Crippen LogP contribution in [-0.2, 0) is 6.54 Å². The molecular formula is C16H17BrN2O. The minimum atomic E-state index is 0.632. The molecule has 0 aliphatic carbocycles. The average molecular weight is 333 g/mol. The lowest BCUT2D eigenvalue weighted by atomic mass is 10.2. The molecule has 20 heavy (non-hydrogen) atoms. The summed E-state index contributed by atoms with van der Waals surface area (Å²) in [5.74, 6) is 0.869. The Bertz CT molecular complexity index is 611. The number of rotatable bonds is 5. The third-order valence-corrected chi connectivity index (χ3v) is 3.82. The van der Waals surface area contributed by atoms with Gasteiger partial charge >= 0.3 is 0 Å². The summed E-state index contributed by atoms with van der Waals surface area (Å²) in [5, 5.41) is 4.23. The molecule has 0 radical (unpaired) electrons. The van der Waals surface area contributed by atoms with Crippen molar-refractivity contribution in [3.8, 4) is 5.75 Å². The smallest absolute Gasteiger partial charge is 0.123 e. The van der Waals surface area contributed by atoms with Crippen LogP contribution in [0, 0.1) is 6.92 Å². The monoisotopic (exact) mass is 332 g/mol. The highest BCUT2D eigenvalue weighted by Gasteiger charge is 1.99. The van der Waals surface area contributed by atoms with Crippen molar-refractivity contribution in [3.05, 3.63) is 63.6 Å². The number of hydrogen-bond donors (Lipinski definition) is 1. The first-order chi connectivity index (χ1) is 9.70. The van der Waals surface area contributed by atoms with E-state index in [2.05, 4.69) is 39.4 Å². The highest BCUT2D eigenvalue weighted by atomic mass is 79.9. The van der Waals surface area contributed by atoms with Crippen LogP contribution in [0.25, 0.3) is 0 Å². The lowest BCUT2D eigenvalue weighted by molar-refractivity contribution is 0.408. The van der Waals surface area contributed by atoms with Gasteiger partial charge in [-0.1, -0.05) is 46.3 Å². The molecule has 0 fully saturated rings. The quantitative estimate of drug-likeness (QED) is 0.665. The van der Waals surface area contributed by atoms with Crippen molar-refractivity contribution in [3.63, 3.8) is 0 Å². The van der Waals surface area contributed by atoms with Crippen molar-refractivity contribution >= 4 is 22.1 Å². The van der Waals surface area contributed by atoms with Crippen molar-refractivity contribution in [2.24, 2.45) is 5.10 Å². The fourth-order valence-corrected chi connectivity index (χ4v) is 2.19. The van der Waals surface area contributed by atoms with E-state index in [4.69, 9.17) is 4.74 Å². The minimum absolute atomic E-state index is 0.632. The molecule has 0 heterocycles. The second-order valence-electron chi connectivity index (χ2n) is 4.41. The maximum Gasteiger partial charge on any atom is 0.123 e. The van der Waals surface area contributed by atoms with Crippen LogP contribution in [0.1, 0.15) is 16.7 Å². The van der Waals surface area contributed by atoms with Crippen LogP contribution in [0.5, 0.6) is 5.75 Å². The van der Waals surface area contributed by atoms with Gasteiger partial charge in [0.15, 0.2) is 0 Å². The molecule has 0 spiro atoms. The fourth-order valence-electron chi connectivity index (χ4n) is 1.79. The van der Waals surface area contributed by atoms with E-state index in [1.807, 2.05) is 36.4 Å². The SMILES string of the molecule is COc1ccccc1CN/N=C/c1ccc(C)c(Br)c1. The largest absolute Gasteiger partial charge is 0.496 e. The number of aryl methyl sites for hydroxylation is 1. The molecule has 0 amide bonds. The molecule has 2 rings (SSSR count). The Balaban J connectivity index is 1.95. The molecular weight excluding hydrogens is 316 g/mol. The van der Waals surface area contributed by atoms with Crippen molar-refractivity contribution in [1.29, 1.82) is 0 Å². The van der Waals surface area contributed by atoms with Gasteiger partial charge in [-0.05, 0) is 30.2 Å². The molecule has 4 heteroatoms. The summed E-state index contributed by atoms with van der Waals surface area (Å²) in [6, 6.07) is 14.0. The molecule has 0 aliphatic heterocycles. The first-order valence-corrected chi connectivity index (χ1v) is 7.14. The van der Waals surface area contributed by atoms with E-state index >= 15 is 0 Å². The zero-order chi connectivity index (χ0) is 14.4. The van der Waals surface area contributed by atoms with Gasteiger partial charge in [0.1, 0.15) is 5.75 Å². The van der Waals surface area contributed by atoms with Gasteiger partial charge in [-0.15, -0.1) is 0 Å². The first-order valence-electron chi connectivity index (χ1n) is 6.34. The van der Waals surface area contributed by atoms with Gasteiger partial charge in [0.05, 0.1) is 19.9 Å². The second kappa shape index (κ2) is 7.10. The van der Waals surface area contributed by atoms with Crippen molar-refractivity contribution in [1.82, 2.24) is 5.43 Å². The third kappa shape index (κ3) is 3.84. The zero-order valence-corrected chi connectivity index (χ0v) is 13.1. The van der Waals surface area contributed by atoms with Gasteiger partial charge in [-0.25, -0.2) is 0 Å². The Hall–Kier alpha value is -1.81. The summed E-state index contributed by atoms with van der Waals surface area (Å²) in [5.41, 5.74) is 6.38. The number of ether oxygens (including phenoxy) is 1. The van der Waals surface area contributed by atoms with E-state index in [-0.39, 0.29) is 0 Å². The zero-order valence-electron chi connectivity index (χ0n) is 11.6. The number of benzene rings is 2. The molecule has 0 bridgehead atoms. The Morgan fingerprint density at radius 3 is 2.80 bits per heavy atom. The number of halogens is 1. The topological polar surface area (TPSA) is 33.6 Å². The summed E-state index contributed by atoms with van der Waals surface area (Å²) < 4.78 is 6.38. The van der Waals surface area contributed by atoms with Crippen molar-refractivity contribution in [2.45, 2.75) is 13.5 Å². The predicted molar refractivity (Wildman–Crippen MR) is 86.3 cm³/mol. The van der Waals surface area contributed by atoms with E-state index in [1.54, 1.807) is 13.3 Å². The van der Waals surface area contributed by atoms with Crippen LogP contribution >= 0.6 is 15.9 Å². The van der Waals surface area contributed by atoms with Crippen LogP contribution < -0.4 is 10.2 Å². The molecule has 0 aromatic heterocycles. The molecule has 1 N–H and O–H groups in total. The summed E-state index contributed by atoms with van der Waals surface area (Å²) in [4.78, 5) is 0. The highest BCUT2D eigenvalue weighted by Crippen LogP contribution is 2.17. The van der Waals surface area contributed by atoms with Gasteiger partial charge in [0.25, 0.3) is 0 Å². The van der Waals surface area contributed by atoms with E-state index in [9.17, 15) is 0 Å². The summed E-state index contributed by atoms with van der Waals surface area (Å²) in [6.45, 7) is 2.69. The van der Waals surface area contributed by atoms with Crippen LogP contribution in [0.4, 0.5) is 0 Å². The number of methoxy groups -OCH3 is 1. The van der Waals surface area contributed by atoms with Gasteiger partial charge < -0.3 is 10.2 Å². The maximum absolute atomic E-state index is 5.29. The van der Waals surface area contributed by atoms with Crippen LogP contribution in [-0.4, -0.2) is 13.3 Å². The summed E-state index contributed by atoms with van der Waals surface area (Å²) in [6.07, 6.45) is 1.81. The summed E-state index contributed by atoms with van der Waals surface area (Å²) >= 11 is 3.51. The predicted octanol–water partition coefficient (Wildman–Crippen LogP) is 3.89. The Labute approximate surface area is 127 Å². The van der Waals surface area contributed by atoms with Crippen molar-refractivity contribution < 1.29 is 4.74 Å². The number of nitrogens with one attached hydrogen (secondary N) is 1. The van der Waals surface area contributed by atoms with Crippen LogP contribution in [0.15, 0.2) is 52.0 Å². The minimum Gasteiger partial charge on any atom is -0.496 e. The lowest BCUT2D eigenvalue weighted by Gasteiger charge is -2.07. The Morgan fingerprint density at radius 2 is 2.05 bits per heavy atom. The normalized spacial score (nSPS) is 10.8. The standard InChI is InChI=1S/C16H17BrN2O/c1-12-7-8-13(9-15(12)17)10-18-19-11-14-5-3-4-6-16(14)20-2/h3-10,19H,11H2,1-2H3/b18-10+. The third-order valence-electron chi connectivity index (χ3n) is 2.96. The maximum atomic E-state index is 5.29. The molecule has 2 aromatic carbocycles. The summed E-state index contributed by atoms with van der Waals surface area (Å²) in [7, 11) is 1.67. The van der Waals surface area contributed by atoms with Crippen LogP contribution in [0.2, 0.25) is 0 Å². The number of hydrogen-bond acceptors (Lipinski definition) is 3.